The molecule has 2 aromatic carbocycles. The summed E-state index contributed by atoms with van der Waals surface area (Å²) in [6, 6.07) is 17.9. The first-order chi connectivity index (χ1) is 14.5. The molecule has 0 saturated carbocycles. The van der Waals surface area contributed by atoms with Gasteiger partial charge in [-0.05, 0) is 55.3 Å². The highest BCUT2D eigenvalue weighted by atomic mass is 32.2. The first kappa shape index (κ1) is 20.3. The summed E-state index contributed by atoms with van der Waals surface area (Å²) in [6.45, 7) is 1.13. The first-order valence-corrected chi connectivity index (χ1v) is 11.4. The number of sulfonamides is 1. The molecule has 0 bridgehead atoms. The highest BCUT2D eigenvalue weighted by Crippen LogP contribution is 2.22. The predicted octanol–water partition coefficient (Wildman–Crippen LogP) is 4.06. The van der Waals surface area contributed by atoms with Crippen molar-refractivity contribution in [2.45, 2.75) is 24.2 Å². The minimum absolute atomic E-state index is 0.248. The van der Waals surface area contributed by atoms with Gasteiger partial charge in [-0.2, -0.15) is 4.31 Å². The first-order valence-electron chi connectivity index (χ1n) is 9.97. The second kappa shape index (κ2) is 8.77. The molecule has 154 valence electrons. The number of pyridine rings is 1. The zero-order valence-corrected chi connectivity index (χ0v) is 17.3. The predicted molar refractivity (Wildman–Crippen MR) is 118 cm³/mol. The summed E-state index contributed by atoms with van der Waals surface area (Å²) in [5.41, 5.74) is 2.09. The van der Waals surface area contributed by atoms with E-state index in [1.807, 2.05) is 36.4 Å². The zero-order chi connectivity index (χ0) is 21.0. The van der Waals surface area contributed by atoms with Crippen LogP contribution >= 0.6 is 0 Å². The molecule has 1 aromatic heterocycles. The summed E-state index contributed by atoms with van der Waals surface area (Å²) < 4.78 is 26.9. The number of aromatic nitrogens is 1. The van der Waals surface area contributed by atoms with Gasteiger partial charge in [0, 0.05) is 30.2 Å². The molecule has 3 aromatic rings. The zero-order valence-electron chi connectivity index (χ0n) is 16.5. The summed E-state index contributed by atoms with van der Waals surface area (Å²) in [7, 11) is -3.47. The monoisotopic (exact) mass is 421 g/mol. The van der Waals surface area contributed by atoms with Crippen LogP contribution in [0.15, 0.2) is 71.6 Å². The van der Waals surface area contributed by atoms with Crippen LogP contribution in [0.4, 0.5) is 5.69 Å². The standard InChI is InChI=1S/C23H23N3O3S/c27-23(15-12-19-9-8-18-6-2-3-7-22(18)24-19)25-20-10-13-21(14-11-20)30(28,29)26-16-4-1-5-17-26/h2-3,6-15H,1,4-5,16-17H2,(H,25,27)/b15-12+. The van der Waals surface area contributed by atoms with E-state index in [0.29, 0.717) is 24.5 Å². The average Bonchev–Trinajstić information content (AvgIpc) is 2.78. The number of nitrogens with one attached hydrogen (secondary N) is 1. The molecule has 2 heterocycles. The number of hydrogen-bond acceptors (Lipinski definition) is 4. The topological polar surface area (TPSA) is 79.4 Å². The molecule has 0 spiro atoms. The molecular formula is C23H23N3O3S. The molecule has 1 aliphatic heterocycles. The Hall–Kier alpha value is -3.03. The largest absolute Gasteiger partial charge is 0.323 e. The smallest absolute Gasteiger partial charge is 0.248 e. The van der Waals surface area contributed by atoms with Crippen LogP contribution in [0.2, 0.25) is 0 Å². The fourth-order valence-corrected chi connectivity index (χ4v) is 5.00. The van der Waals surface area contributed by atoms with E-state index in [4.69, 9.17) is 0 Å². The number of rotatable bonds is 5. The molecule has 4 rings (SSSR count). The number of para-hydroxylation sites is 1. The highest BCUT2D eigenvalue weighted by molar-refractivity contribution is 7.89. The molecular weight excluding hydrogens is 398 g/mol. The van der Waals surface area contributed by atoms with Crippen molar-refractivity contribution in [3.05, 3.63) is 72.4 Å². The second-order valence-electron chi connectivity index (χ2n) is 7.24. The number of fused-ring (bicyclic) bond motifs is 1. The Morgan fingerprint density at radius 2 is 1.67 bits per heavy atom. The van der Waals surface area contributed by atoms with Crippen molar-refractivity contribution < 1.29 is 13.2 Å². The number of amides is 1. The number of hydrogen-bond donors (Lipinski definition) is 1. The maximum Gasteiger partial charge on any atom is 0.248 e. The minimum Gasteiger partial charge on any atom is -0.323 e. The van der Waals surface area contributed by atoms with Crippen LogP contribution in [-0.2, 0) is 14.8 Å². The van der Waals surface area contributed by atoms with E-state index in [1.165, 1.54) is 22.5 Å². The number of carbonyl (C=O) groups excluding carboxylic acids is 1. The maximum atomic E-state index is 12.7. The third-order valence-corrected chi connectivity index (χ3v) is 7.01. The average molecular weight is 422 g/mol. The van der Waals surface area contributed by atoms with Gasteiger partial charge in [0.1, 0.15) is 0 Å². The van der Waals surface area contributed by atoms with E-state index >= 15 is 0 Å². The van der Waals surface area contributed by atoms with Crippen LogP contribution in [-0.4, -0.2) is 36.7 Å². The molecule has 6 nitrogen and oxygen atoms in total. The minimum atomic E-state index is -3.47. The Morgan fingerprint density at radius 1 is 0.933 bits per heavy atom. The van der Waals surface area contributed by atoms with Crippen molar-refractivity contribution in [3.63, 3.8) is 0 Å². The number of piperidine rings is 1. The summed E-state index contributed by atoms with van der Waals surface area (Å²) in [5, 5.41) is 3.79. The lowest BCUT2D eigenvalue weighted by Crippen LogP contribution is -2.35. The van der Waals surface area contributed by atoms with E-state index in [9.17, 15) is 13.2 Å². The molecule has 1 amide bonds. The summed E-state index contributed by atoms with van der Waals surface area (Å²) in [4.78, 5) is 17.0. The normalized spacial score (nSPS) is 15.5. The van der Waals surface area contributed by atoms with Gasteiger partial charge in [-0.1, -0.05) is 30.7 Å². The molecule has 0 atom stereocenters. The lowest BCUT2D eigenvalue weighted by atomic mass is 10.2. The molecule has 30 heavy (non-hydrogen) atoms. The van der Waals surface area contributed by atoms with E-state index in [0.717, 1.165) is 30.2 Å². The van der Waals surface area contributed by atoms with Crippen molar-refractivity contribution >= 4 is 38.6 Å². The van der Waals surface area contributed by atoms with Crippen molar-refractivity contribution in [1.29, 1.82) is 0 Å². The molecule has 1 saturated heterocycles. The van der Waals surface area contributed by atoms with Gasteiger partial charge in [0.05, 0.1) is 16.1 Å². The van der Waals surface area contributed by atoms with Gasteiger partial charge in [0.2, 0.25) is 15.9 Å². The van der Waals surface area contributed by atoms with Crippen LogP contribution in [0.5, 0.6) is 0 Å². The Bertz CT molecular complexity index is 1180. The van der Waals surface area contributed by atoms with E-state index in [2.05, 4.69) is 10.3 Å². The second-order valence-corrected chi connectivity index (χ2v) is 9.18. The van der Waals surface area contributed by atoms with Gasteiger partial charge >= 0.3 is 0 Å². The number of nitrogens with zero attached hydrogens (tertiary/aromatic N) is 2. The number of benzene rings is 2. The van der Waals surface area contributed by atoms with E-state index < -0.39 is 10.0 Å². The van der Waals surface area contributed by atoms with Gasteiger partial charge < -0.3 is 5.32 Å². The van der Waals surface area contributed by atoms with Crippen LogP contribution in [0.25, 0.3) is 17.0 Å². The maximum absolute atomic E-state index is 12.7. The quantitative estimate of drug-likeness (QED) is 0.630. The fourth-order valence-electron chi connectivity index (χ4n) is 3.48. The van der Waals surface area contributed by atoms with Crippen molar-refractivity contribution in [1.82, 2.24) is 9.29 Å². The molecule has 1 aliphatic rings. The van der Waals surface area contributed by atoms with Crippen molar-refractivity contribution in [2.24, 2.45) is 0 Å². The van der Waals surface area contributed by atoms with Gasteiger partial charge in [0.25, 0.3) is 0 Å². The Kier molecular flexibility index (Phi) is 5.92. The Labute approximate surface area is 176 Å². The SMILES string of the molecule is O=C(/C=C/c1ccc2ccccc2n1)Nc1ccc(S(=O)(=O)N2CCCCC2)cc1. The third-order valence-electron chi connectivity index (χ3n) is 5.10. The summed E-state index contributed by atoms with van der Waals surface area (Å²) >= 11 is 0. The third kappa shape index (κ3) is 4.58. The summed E-state index contributed by atoms with van der Waals surface area (Å²) in [5.74, 6) is -0.309. The van der Waals surface area contributed by atoms with Gasteiger partial charge in [-0.15, -0.1) is 0 Å². The highest BCUT2D eigenvalue weighted by Gasteiger charge is 2.25. The van der Waals surface area contributed by atoms with Gasteiger partial charge in [0.15, 0.2) is 0 Å². The Balaban J connectivity index is 1.41. The van der Waals surface area contributed by atoms with E-state index in [-0.39, 0.29) is 10.8 Å². The summed E-state index contributed by atoms with van der Waals surface area (Å²) in [6.07, 6.45) is 5.92. The van der Waals surface area contributed by atoms with Gasteiger partial charge in [-0.3, -0.25) is 4.79 Å². The number of anilines is 1. The van der Waals surface area contributed by atoms with Crippen LogP contribution in [0.3, 0.4) is 0 Å². The number of carbonyl (C=O) groups is 1. The molecule has 7 heteroatoms. The van der Waals surface area contributed by atoms with Crippen LogP contribution in [0, 0.1) is 0 Å². The molecule has 1 N–H and O–H groups in total. The van der Waals surface area contributed by atoms with Crippen molar-refractivity contribution in [2.75, 3.05) is 18.4 Å². The van der Waals surface area contributed by atoms with Crippen LogP contribution < -0.4 is 5.32 Å². The molecule has 0 radical (unpaired) electrons. The molecule has 0 aliphatic carbocycles. The lowest BCUT2D eigenvalue weighted by molar-refractivity contribution is -0.111. The fraction of sp³-hybridized carbons (Fsp3) is 0.217. The Morgan fingerprint density at radius 3 is 2.43 bits per heavy atom. The van der Waals surface area contributed by atoms with E-state index in [1.54, 1.807) is 18.2 Å². The van der Waals surface area contributed by atoms with Crippen LogP contribution in [0.1, 0.15) is 25.0 Å². The van der Waals surface area contributed by atoms with Crippen molar-refractivity contribution in [3.8, 4) is 0 Å². The molecule has 1 fully saturated rings. The molecule has 0 unspecified atom stereocenters. The lowest BCUT2D eigenvalue weighted by Gasteiger charge is -2.25. The van der Waals surface area contributed by atoms with Gasteiger partial charge in [-0.25, -0.2) is 13.4 Å².